The van der Waals surface area contributed by atoms with Gasteiger partial charge in [0.05, 0.1) is 6.10 Å². The Morgan fingerprint density at radius 1 is 0.941 bits per heavy atom. The van der Waals surface area contributed by atoms with E-state index in [0.29, 0.717) is 12.1 Å². The van der Waals surface area contributed by atoms with Crippen molar-refractivity contribution in [2.75, 3.05) is 13.1 Å². The summed E-state index contributed by atoms with van der Waals surface area (Å²) in [5.41, 5.74) is 0. The summed E-state index contributed by atoms with van der Waals surface area (Å²) >= 11 is 0. The SMILES string of the molecule is O[C@@H]1CCCC[C@H]1NC1CCN2CCCC2C1. The van der Waals surface area contributed by atoms with Crippen LogP contribution >= 0.6 is 0 Å². The molecule has 2 unspecified atom stereocenters. The highest BCUT2D eigenvalue weighted by molar-refractivity contribution is 4.92. The van der Waals surface area contributed by atoms with Gasteiger partial charge >= 0.3 is 0 Å². The van der Waals surface area contributed by atoms with E-state index in [4.69, 9.17) is 0 Å². The summed E-state index contributed by atoms with van der Waals surface area (Å²) in [6.07, 6.45) is 9.95. The lowest BCUT2D eigenvalue weighted by molar-refractivity contribution is 0.0723. The molecule has 3 aliphatic rings. The molecule has 0 aromatic carbocycles. The minimum Gasteiger partial charge on any atom is -0.392 e. The number of hydrogen-bond donors (Lipinski definition) is 2. The third-order valence-electron chi connectivity index (χ3n) is 5.00. The number of fused-ring (bicyclic) bond motifs is 1. The number of rotatable bonds is 2. The highest BCUT2D eigenvalue weighted by Gasteiger charge is 2.33. The van der Waals surface area contributed by atoms with Crippen molar-refractivity contribution < 1.29 is 5.11 Å². The van der Waals surface area contributed by atoms with Gasteiger partial charge in [-0.05, 0) is 51.6 Å². The van der Waals surface area contributed by atoms with Crippen LogP contribution in [0.2, 0.25) is 0 Å². The lowest BCUT2D eigenvalue weighted by atomic mass is 9.90. The molecule has 98 valence electrons. The van der Waals surface area contributed by atoms with Gasteiger partial charge in [0.1, 0.15) is 0 Å². The van der Waals surface area contributed by atoms with Crippen molar-refractivity contribution in [2.45, 2.75) is 75.6 Å². The Kier molecular flexibility index (Phi) is 3.69. The van der Waals surface area contributed by atoms with Crippen molar-refractivity contribution in [1.82, 2.24) is 10.2 Å². The molecule has 3 heteroatoms. The van der Waals surface area contributed by atoms with Gasteiger partial charge in [-0.2, -0.15) is 0 Å². The molecular formula is C14H26N2O. The molecular weight excluding hydrogens is 212 g/mol. The topological polar surface area (TPSA) is 35.5 Å². The van der Waals surface area contributed by atoms with Gasteiger partial charge in [-0.25, -0.2) is 0 Å². The van der Waals surface area contributed by atoms with Gasteiger partial charge in [-0.15, -0.1) is 0 Å². The maximum absolute atomic E-state index is 10.0. The molecule has 0 aromatic rings. The van der Waals surface area contributed by atoms with Crippen LogP contribution in [0, 0.1) is 0 Å². The largest absolute Gasteiger partial charge is 0.392 e. The number of nitrogens with one attached hydrogen (secondary N) is 1. The summed E-state index contributed by atoms with van der Waals surface area (Å²) in [5, 5.41) is 13.8. The fraction of sp³-hybridized carbons (Fsp3) is 1.00. The van der Waals surface area contributed by atoms with Crippen molar-refractivity contribution in [3.05, 3.63) is 0 Å². The van der Waals surface area contributed by atoms with Crippen molar-refractivity contribution in [2.24, 2.45) is 0 Å². The molecule has 2 heterocycles. The van der Waals surface area contributed by atoms with E-state index in [2.05, 4.69) is 10.2 Å². The van der Waals surface area contributed by atoms with Crippen LogP contribution in [0.3, 0.4) is 0 Å². The number of aliphatic hydroxyl groups excluding tert-OH is 1. The van der Waals surface area contributed by atoms with Gasteiger partial charge in [0.2, 0.25) is 0 Å². The van der Waals surface area contributed by atoms with Crippen LogP contribution in [-0.2, 0) is 0 Å². The highest BCUT2D eigenvalue weighted by atomic mass is 16.3. The molecule has 3 nitrogen and oxygen atoms in total. The zero-order valence-corrected chi connectivity index (χ0v) is 10.8. The molecule has 1 saturated carbocycles. The Bertz CT molecular complexity index is 259. The molecule has 17 heavy (non-hydrogen) atoms. The van der Waals surface area contributed by atoms with Gasteiger partial charge in [0.25, 0.3) is 0 Å². The molecule has 2 saturated heterocycles. The predicted octanol–water partition coefficient (Wildman–Crippen LogP) is 1.51. The van der Waals surface area contributed by atoms with Gasteiger partial charge in [0, 0.05) is 18.1 Å². The fourth-order valence-electron chi connectivity index (χ4n) is 3.98. The highest BCUT2D eigenvalue weighted by Crippen LogP contribution is 2.28. The minimum absolute atomic E-state index is 0.0923. The summed E-state index contributed by atoms with van der Waals surface area (Å²) in [4.78, 5) is 2.66. The van der Waals surface area contributed by atoms with Crippen LogP contribution in [-0.4, -0.2) is 47.3 Å². The number of piperidine rings is 1. The Morgan fingerprint density at radius 2 is 1.82 bits per heavy atom. The molecule has 3 rings (SSSR count). The summed E-state index contributed by atoms with van der Waals surface area (Å²) in [7, 11) is 0. The Morgan fingerprint density at radius 3 is 2.71 bits per heavy atom. The quantitative estimate of drug-likeness (QED) is 0.765. The predicted molar refractivity (Wildman–Crippen MR) is 69.0 cm³/mol. The van der Waals surface area contributed by atoms with Crippen LogP contribution in [0.5, 0.6) is 0 Å². The molecule has 0 radical (unpaired) electrons. The Labute approximate surface area is 105 Å². The first-order chi connectivity index (χ1) is 8.33. The van der Waals surface area contributed by atoms with E-state index >= 15 is 0 Å². The number of aliphatic hydroxyl groups is 1. The maximum atomic E-state index is 10.0. The van der Waals surface area contributed by atoms with E-state index in [9.17, 15) is 5.11 Å². The fourth-order valence-corrected chi connectivity index (χ4v) is 3.98. The second kappa shape index (κ2) is 5.25. The molecule has 3 fully saturated rings. The smallest absolute Gasteiger partial charge is 0.0693 e. The molecule has 1 aliphatic carbocycles. The molecule has 0 amide bonds. The Hall–Kier alpha value is -0.120. The van der Waals surface area contributed by atoms with Gasteiger partial charge in [-0.3, -0.25) is 0 Å². The van der Waals surface area contributed by atoms with E-state index < -0.39 is 0 Å². The third kappa shape index (κ3) is 2.67. The molecule has 0 aromatic heterocycles. The first-order valence-corrected chi connectivity index (χ1v) is 7.51. The van der Waals surface area contributed by atoms with Crippen molar-refractivity contribution in [3.63, 3.8) is 0 Å². The number of nitrogens with zero attached hydrogens (tertiary/aromatic N) is 1. The van der Waals surface area contributed by atoms with Gasteiger partial charge in [0.15, 0.2) is 0 Å². The summed E-state index contributed by atoms with van der Waals surface area (Å²) in [5.74, 6) is 0. The van der Waals surface area contributed by atoms with E-state index in [0.717, 1.165) is 12.5 Å². The van der Waals surface area contributed by atoms with E-state index in [1.54, 1.807) is 0 Å². The normalized spacial score (nSPS) is 43.6. The van der Waals surface area contributed by atoms with Crippen molar-refractivity contribution in [1.29, 1.82) is 0 Å². The summed E-state index contributed by atoms with van der Waals surface area (Å²) < 4.78 is 0. The second-order valence-corrected chi connectivity index (χ2v) is 6.18. The average molecular weight is 238 g/mol. The van der Waals surface area contributed by atoms with Crippen LogP contribution in [0.1, 0.15) is 51.4 Å². The van der Waals surface area contributed by atoms with E-state index in [1.807, 2.05) is 0 Å². The standard InChI is InChI=1S/C14H26N2O/c17-14-6-2-1-5-13(14)15-11-7-9-16-8-3-4-12(16)10-11/h11-15,17H,1-10H2/t11?,12?,13-,14-/m1/s1. The van der Waals surface area contributed by atoms with Gasteiger partial charge < -0.3 is 15.3 Å². The number of hydrogen-bond acceptors (Lipinski definition) is 3. The van der Waals surface area contributed by atoms with Crippen molar-refractivity contribution in [3.8, 4) is 0 Å². The molecule has 4 atom stereocenters. The summed E-state index contributed by atoms with van der Waals surface area (Å²) in [6.45, 7) is 2.59. The zero-order valence-electron chi connectivity index (χ0n) is 10.8. The molecule has 0 spiro atoms. The van der Waals surface area contributed by atoms with Crippen LogP contribution in [0.4, 0.5) is 0 Å². The summed E-state index contributed by atoms with van der Waals surface area (Å²) in [6, 6.07) is 1.87. The zero-order chi connectivity index (χ0) is 11.7. The van der Waals surface area contributed by atoms with E-state index in [-0.39, 0.29) is 6.10 Å². The lowest BCUT2D eigenvalue weighted by Crippen LogP contribution is -2.52. The van der Waals surface area contributed by atoms with Crippen LogP contribution < -0.4 is 5.32 Å². The van der Waals surface area contributed by atoms with Crippen LogP contribution in [0.15, 0.2) is 0 Å². The molecule has 2 N–H and O–H groups in total. The van der Waals surface area contributed by atoms with Crippen LogP contribution in [0.25, 0.3) is 0 Å². The van der Waals surface area contributed by atoms with Gasteiger partial charge in [-0.1, -0.05) is 12.8 Å². The van der Waals surface area contributed by atoms with E-state index in [1.165, 1.54) is 58.0 Å². The molecule has 2 aliphatic heterocycles. The lowest BCUT2D eigenvalue weighted by Gasteiger charge is -2.39. The Balaban J connectivity index is 1.51. The first kappa shape index (κ1) is 11.9. The maximum Gasteiger partial charge on any atom is 0.0693 e. The second-order valence-electron chi connectivity index (χ2n) is 6.18. The monoisotopic (exact) mass is 238 g/mol. The molecule has 0 bridgehead atoms. The third-order valence-corrected chi connectivity index (χ3v) is 5.00. The minimum atomic E-state index is -0.0923. The average Bonchev–Trinajstić information content (AvgIpc) is 2.79. The van der Waals surface area contributed by atoms with Crippen molar-refractivity contribution >= 4 is 0 Å². The first-order valence-electron chi connectivity index (χ1n) is 7.51.